The summed E-state index contributed by atoms with van der Waals surface area (Å²) in [4.78, 5) is 49.5. The summed E-state index contributed by atoms with van der Waals surface area (Å²) in [5.74, 6) is -0.266. The zero-order chi connectivity index (χ0) is 20.6. The number of imide groups is 1. The van der Waals surface area contributed by atoms with E-state index < -0.39 is 0 Å². The minimum absolute atomic E-state index is 0.0239. The molecule has 156 valence electrons. The first-order valence-corrected chi connectivity index (χ1v) is 10.5. The van der Waals surface area contributed by atoms with Crippen LogP contribution in [0.2, 0.25) is 0 Å². The lowest BCUT2D eigenvalue weighted by atomic mass is 9.86. The number of hydrogen-bond donors (Lipinski definition) is 2. The van der Waals surface area contributed by atoms with Gasteiger partial charge in [-0.05, 0) is 24.5 Å². The number of benzene rings is 1. The zero-order valence-electron chi connectivity index (χ0n) is 16.7. The Morgan fingerprint density at radius 3 is 2.00 bits per heavy atom. The van der Waals surface area contributed by atoms with Crippen molar-refractivity contribution in [2.75, 3.05) is 19.6 Å². The van der Waals surface area contributed by atoms with E-state index in [4.69, 9.17) is 0 Å². The Morgan fingerprint density at radius 1 is 0.862 bits per heavy atom. The lowest BCUT2D eigenvalue weighted by molar-refractivity contribution is -0.123. The second-order valence-corrected chi connectivity index (χ2v) is 7.80. The van der Waals surface area contributed by atoms with Crippen LogP contribution in [-0.2, 0) is 9.59 Å². The Balaban J connectivity index is 1.28. The van der Waals surface area contributed by atoms with E-state index in [0.29, 0.717) is 36.6 Å². The average molecular weight is 399 g/mol. The molecule has 0 saturated heterocycles. The quantitative estimate of drug-likeness (QED) is 0.492. The van der Waals surface area contributed by atoms with Crippen molar-refractivity contribution >= 4 is 23.6 Å². The van der Waals surface area contributed by atoms with E-state index in [-0.39, 0.29) is 36.6 Å². The lowest BCUT2D eigenvalue weighted by Gasteiger charge is -2.21. The van der Waals surface area contributed by atoms with Gasteiger partial charge in [-0.1, -0.05) is 44.2 Å². The molecule has 29 heavy (non-hydrogen) atoms. The summed E-state index contributed by atoms with van der Waals surface area (Å²) in [5, 5.41) is 5.54. The fourth-order valence-electron chi connectivity index (χ4n) is 4.05. The van der Waals surface area contributed by atoms with Gasteiger partial charge in [-0.15, -0.1) is 0 Å². The summed E-state index contributed by atoms with van der Waals surface area (Å²) in [7, 11) is 0. The van der Waals surface area contributed by atoms with Crippen molar-refractivity contribution in [2.24, 2.45) is 5.92 Å². The highest BCUT2D eigenvalue weighted by atomic mass is 16.2. The van der Waals surface area contributed by atoms with Crippen LogP contribution in [0.1, 0.15) is 72.1 Å². The van der Waals surface area contributed by atoms with E-state index in [9.17, 15) is 19.2 Å². The van der Waals surface area contributed by atoms with Gasteiger partial charge in [0.2, 0.25) is 11.8 Å². The first-order chi connectivity index (χ1) is 14.1. The Bertz CT molecular complexity index is 736. The van der Waals surface area contributed by atoms with E-state index in [1.807, 2.05) is 0 Å². The molecule has 0 aromatic heterocycles. The van der Waals surface area contributed by atoms with Crippen molar-refractivity contribution in [2.45, 2.75) is 51.4 Å². The van der Waals surface area contributed by atoms with Crippen LogP contribution in [0.15, 0.2) is 24.3 Å². The van der Waals surface area contributed by atoms with Crippen molar-refractivity contribution in [3.05, 3.63) is 35.4 Å². The molecule has 1 aromatic carbocycles. The number of nitrogens with one attached hydrogen (secondary N) is 2. The number of nitrogens with zero attached hydrogens (tertiary/aromatic N) is 1. The molecule has 1 aliphatic heterocycles. The molecule has 4 amide bonds. The van der Waals surface area contributed by atoms with Gasteiger partial charge in [0, 0.05) is 32.5 Å². The zero-order valence-corrected chi connectivity index (χ0v) is 16.7. The second kappa shape index (κ2) is 10.2. The summed E-state index contributed by atoms with van der Waals surface area (Å²) in [6.45, 7) is 0.754. The largest absolute Gasteiger partial charge is 0.354 e. The molecular weight excluding hydrogens is 370 g/mol. The van der Waals surface area contributed by atoms with Gasteiger partial charge >= 0.3 is 0 Å². The van der Waals surface area contributed by atoms with Crippen molar-refractivity contribution in [1.82, 2.24) is 15.5 Å². The minimum atomic E-state index is -0.358. The molecule has 1 saturated carbocycles. The maximum Gasteiger partial charge on any atom is 0.261 e. The molecule has 2 aliphatic rings. The molecule has 0 bridgehead atoms. The van der Waals surface area contributed by atoms with Gasteiger partial charge in [0.05, 0.1) is 11.1 Å². The number of rotatable bonds is 9. The first kappa shape index (κ1) is 21.0. The summed E-state index contributed by atoms with van der Waals surface area (Å²) in [5.41, 5.74) is 0.766. The molecule has 3 rings (SSSR count). The molecule has 7 heteroatoms. The maximum atomic E-state index is 12.3. The van der Waals surface area contributed by atoms with E-state index in [2.05, 4.69) is 10.6 Å². The normalized spacial score (nSPS) is 16.6. The number of hydrogen-bond acceptors (Lipinski definition) is 4. The molecular formula is C22H29N3O4. The third-order valence-corrected chi connectivity index (χ3v) is 5.71. The third kappa shape index (κ3) is 5.65. The van der Waals surface area contributed by atoms with Gasteiger partial charge < -0.3 is 10.6 Å². The van der Waals surface area contributed by atoms with Crippen LogP contribution in [0.4, 0.5) is 0 Å². The fraction of sp³-hybridized carbons (Fsp3) is 0.545. The van der Waals surface area contributed by atoms with Crippen molar-refractivity contribution in [3.63, 3.8) is 0 Å². The fourth-order valence-corrected chi connectivity index (χ4v) is 4.05. The Morgan fingerprint density at radius 2 is 1.41 bits per heavy atom. The van der Waals surface area contributed by atoms with Gasteiger partial charge in [0.1, 0.15) is 0 Å². The Hall–Kier alpha value is -2.70. The predicted octanol–water partition coefficient (Wildman–Crippen LogP) is 2.27. The molecule has 0 atom stereocenters. The highest BCUT2D eigenvalue weighted by Gasteiger charge is 2.34. The standard InChI is InChI=1S/C22H29N3O4/c26-19(11-10-16-6-2-1-3-7-16)23-13-14-24-20(27)12-15-25-21(28)17-8-4-5-9-18(17)22(25)29/h4-5,8-9,16H,1-3,6-7,10-15H2,(H,23,26)(H,24,27). The Kier molecular flexibility index (Phi) is 7.38. The predicted molar refractivity (Wildman–Crippen MR) is 108 cm³/mol. The Labute approximate surface area is 171 Å². The van der Waals surface area contributed by atoms with Gasteiger partial charge in [0.15, 0.2) is 0 Å². The summed E-state index contributed by atoms with van der Waals surface area (Å²) in [6, 6.07) is 6.66. The third-order valence-electron chi connectivity index (χ3n) is 5.71. The van der Waals surface area contributed by atoms with Crippen molar-refractivity contribution in [3.8, 4) is 0 Å². The van der Waals surface area contributed by atoms with Gasteiger partial charge in [-0.2, -0.15) is 0 Å². The number of fused-ring (bicyclic) bond motifs is 1. The molecule has 1 fully saturated rings. The van der Waals surface area contributed by atoms with Crippen molar-refractivity contribution in [1.29, 1.82) is 0 Å². The number of carbonyl (C=O) groups excluding carboxylic acids is 4. The van der Waals surface area contributed by atoms with Crippen LogP contribution in [0.3, 0.4) is 0 Å². The minimum Gasteiger partial charge on any atom is -0.354 e. The van der Waals surface area contributed by atoms with Crippen LogP contribution in [0.5, 0.6) is 0 Å². The molecule has 1 aromatic rings. The summed E-state index contributed by atoms with van der Waals surface area (Å²) < 4.78 is 0. The smallest absolute Gasteiger partial charge is 0.261 e. The van der Waals surface area contributed by atoms with E-state index in [1.165, 1.54) is 32.1 Å². The SMILES string of the molecule is O=C(CCC1CCCCC1)NCCNC(=O)CCN1C(=O)c2ccccc2C1=O. The average Bonchev–Trinajstić information content (AvgIpc) is 2.99. The van der Waals surface area contributed by atoms with E-state index in [0.717, 1.165) is 11.3 Å². The van der Waals surface area contributed by atoms with Gasteiger partial charge in [-0.25, -0.2) is 0 Å². The monoisotopic (exact) mass is 399 g/mol. The molecule has 0 unspecified atom stereocenters. The first-order valence-electron chi connectivity index (χ1n) is 10.5. The van der Waals surface area contributed by atoms with Crippen LogP contribution < -0.4 is 10.6 Å². The van der Waals surface area contributed by atoms with Crippen LogP contribution >= 0.6 is 0 Å². The van der Waals surface area contributed by atoms with Crippen LogP contribution in [0.25, 0.3) is 0 Å². The molecule has 0 spiro atoms. The molecule has 7 nitrogen and oxygen atoms in total. The van der Waals surface area contributed by atoms with Gasteiger partial charge in [-0.3, -0.25) is 24.1 Å². The summed E-state index contributed by atoms with van der Waals surface area (Å²) in [6.07, 6.45) is 7.86. The van der Waals surface area contributed by atoms with Gasteiger partial charge in [0.25, 0.3) is 11.8 Å². The van der Waals surface area contributed by atoms with E-state index >= 15 is 0 Å². The second-order valence-electron chi connectivity index (χ2n) is 7.80. The highest BCUT2D eigenvalue weighted by molar-refractivity contribution is 6.21. The van der Waals surface area contributed by atoms with Crippen LogP contribution in [0, 0.1) is 5.92 Å². The van der Waals surface area contributed by atoms with Crippen molar-refractivity contribution < 1.29 is 19.2 Å². The summed E-state index contributed by atoms with van der Waals surface area (Å²) >= 11 is 0. The number of carbonyl (C=O) groups is 4. The molecule has 1 aliphatic carbocycles. The molecule has 0 radical (unpaired) electrons. The topological polar surface area (TPSA) is 95.6 Å². The molecule has 1 heterocycles. The lowest BCUT2D eigenvalue weighted by Crippen LogP contribution is -2.37. The molecule has 2 N–H and O–H groups in total. The van der Waals surface area contributed by atoms with E-state index in [1.54, 1.807) is 24.3 Å². The number of amides is 4. The highest BCUT2D eigenvalue weighted by Crippen LogP contribution is 2.27. The van der Waals surface area contributed by atoms with Crippen LogP contribution in [-0.4, -0.2) is 48.2 Å². The maximum absolute atomic E-state index is 12.3.